The van der Waals surface area contributed by atoms with Gasteiger partial charge < -0.3 is 5.11 Å². The van der Waals surface area contributed by atoms with Crippen molar-refractivity contribution in [2.75, 3.05) is 0 Å². The highest BCUT2D eigenvalue weighted by Crippen LogP contribution is 2.42. The number of benzene rings is 1. The number of aryl methyl sites for hydroxylation is 1. The molecule has 0 atom stereocenters. The van der Waals surface area contributed by atoms with Crippen molar-refractivity contribution in [3.05, 3.63) is 35.1 Å². The normalized spacial score (nSPS) is 28.7. The SMILES string of the molecule is Cc1cc(F)cc(C2(O)CCC(C(C)C)CC2)c1. The highest BCUT2D eigenvalue weighted by Gasteiger charge is 2.35. The fourth-order valence-corrected chi connectivity index (χ4v) is 3.08. The van der Waals surface area contributed by atoms with Crippen LogP contribution in [0.5, 0.6) is 0 Å². The van der Waals surface area contributed by atoms with Crippen LogP contribution in [0.2, 0.25) is 0 Å². The lowest BCUT2D eigenvalue weighted by Gasteiger charge is -2.38. The van der Waals surface area contributed by atoms with Crippen LogP contribution in [0.15, 0.2) is 18.2 Å². The van der Waals surface area contributed by atoms with E-state index < -0.39 is 5.60 Å². The zero-order valence-electron chi connectivity index (χ0n) is 11.5. The zero-order valence-corrected chi connectivity index (χ0v) is 11.5. The summed E-state index contributed by atoms with van der Waals surface area (Å²) in [5, 5.41) is 10.7. The number of hydrogen-bond donors (Lipinski definition) is 1. The summed E-state index contributed by atoms with van der Waals surface area (Å²) in [7, 11) is 0. The van der Waals surface area contributed by atoms with E-state index in [1.165, 1.54) is 12.1 Å². The summed E-state index contributed by atoms with van der Waals surface area (Å²) < 4.78 is 13.4. The summed E-state index contributed by atoms with van der Waals surface area (Å²) in [6.45, 7) is 6.35. The molecule has 1 aliphatic rings. The molecule has 100 valence electrons. The van der Waals surface area contributed by atoms with Crippen molar-refractivity contribution >= 4 is 0 Å². The van der Waals surface area contributed by atoms with Crippen LogP contribution in [0, 0.1) is 24.6 Å². The van der Waals surface area contributed by atoms with E-state index in [4.69, 9.17) is 0 Å². The monoisotopic (exact) mass is 250 g/mol. The molecule has 18 heavy (non-hydrogen) atoms. The van der Waals surface area contributed by atoms with Crippen molar-refractivity contribution < 1.29 is 9.50 Å². The molecule has 1 aliphatic carbocycles. The smallest absolute Gasteiger partial charge is 0.123 e. The summed E-state index contributed by atoms with van der Waals surface area (Å²) in [4.78, 5) is 0. The first-order chi connectivity index (χ1) is 8.40. The maximum absolute atomic E-state index is 13.4. The van der Waals surface area contributed by atoms with Crippen molar-refractivity contribution in [2.24, 2.45) is 11.8 Å². The molecule has 0 heterocycles. The summed E-state index contributed by atoms with van der Waals surface area (Å²) in [5.74, 6) is 1.12. The summed E-state index contributed by atoms with van der Waals surface area (Å²) in [6, 6.07) is 4.91. The lowest BCUT2D eigenvalue weighted by Crippen LogP contribution is -2.33. The third kappa shape index (κ3) is 2.74. The van der Waals surface area contributed by atoms with Crippen molar-refractivity contribution in [1.29, 1.82) is 0 Å². The molecule has 1 N–H and O–H groups in total. The van der Waals surface area contributed by atoms with E-state index in [0.717, 1.165) is 36.8 Å². The van der Waals surface area contributed by atoms with Gasteiger partial charge in [-0.25, -0.2) is 4.39 Å². The second-order valence-electron chi connectivity index (χ2n) is 6.13. The Morgan fingerprint density at radius 2 is 1.83 bits per heavy atom. The maximum atomic E-state index is 13.4. The Hall–Kier alpha value is -0.890. The zero-order chi connectivity index (χ0) is 13.3. The van der Waals surface area contributed by atoms with Crippen LogP contribution in [-0.4, -0.2) is 5.11 Å². The van der Waals surface area contributed by atoms with Crippen LogP contribution in [0.4, 0.5) is 4.39 Å². The molecular formula is C16H23FO. The predicted molar refractivity (Wildman–Crippen MR) is 71.8 cm³/mol. The van der Waals surface area contributed by atoms with E-state index in [2.05, 4.69) is 13.8 Å². The molecule has 2 rings (SSSR count). The summed E-state index contributed by atoms with van der Waals surface area (Å²) in [6.07, 6.45) is 3.56. The number of rotatable bonds is 2. The van der Waals surface area contributed by atoms with Gasteiger partial charge in [0.15, 0.2) is 0 Å². The Morgan fingerprint density at radius 1 is 1.22 bits per heavy atom. The second-order valence-corrected chi connectivity index (χ2v) is 6.13. The largest absolute Gasteiger partial charge is 0.385 e. The van der Waals surface area contributed by atoms with Crippen LogP contribution in [0.3, 0.4) is 0 Å². The minimum absolute atomic E-state index is 0.246. The van der Waals surface area contributed by atoms with Crippen LogP contribution < -0.4 is 0 Å². The first-order valence-corrected chi connectivity index (χ1v) is 6.91. The highest BCUT2D eigenvalue weighted by atomic mass is 19.1. The molecule has 1 saturated carbocycles. The van der Waals surface area contributed by atoms with E-state index >= 15 is 0 Å². The standard InChI is InChI=1S/C16H23FO/c1-11(2)13-4-6-16(18,7-5-13)14-8-12(3)9-15(17)10-14/h8-11,13,18H,4-7H2,1-3H3. The average molecular weight is 250 g/mol. The molecule has 1 fully saturated rings. The van der Waals surface area contributed by atoms with Crippen molar-refractivity contribution in [3.63, 3.8) is 0 Å². The maximum Gasteiger partial charge on any atom is 0.123 e. The van der Waals surface area contributed by atoms with Gasteiger partial charge in [-0.05, 0) is 67.7 Å². The molecule has 1 aromatic rings. The van der Waals surface area contributed by atoms with Gasteiger partial charge >= 0.3 is 0 Å². The minimum Gasteiger partial charge on any atom is -0.385 e. The summed E-state index contributed by atoms with van der Waals surface area (Å²) in [5.41, 5.74) is 0.810. The van der Waals surface area contributed by atoms with Crippen LogP contribution in [0.1, 0.15) is 50.7 Å². The quantitative estimate of drug-likeness (QED) is 0.835. The van der Waals surface area contributed by atoms with Crippen molar-refractivity contribution in [3.8, 4) is 0 Å². The minimum atomic E-state index is -0.821. The first-order valence-electron chi connectivity index (χ1n) is 6.91. The highest BCUT2D eigenvalue weighted by molar-refractivity contribution is 5.29. The topological polar surface area (TPSA) is 20.2 Å². The molecule has 1 nitrogen and oxygen atoms in total. The fraction of sp³-hybridized carbons (Fsp3) is 0.625. The molecule has 1 aromatic carbocycles. The van der Waals surface area contributed by atoms with Gasteiger partial charge in [0, 0.05) is 0 Å². The van der Waals surface area contributed by atoms with E-state index in [1.54, 1.807) is 0 Å². The molecule has 0 bridgehead atoms. The number of hydrogen-bond acceptors (Lipinski definition) is 1. The van der Waals surface area contributed by atoms with Gasteiger partial charge in [0.2, 0.25) is 0 Å². The third-order valence-corrected chi connectivity index (χ3v) is 4.38. The lowest BCUT2D eigenvalue weighted by atomic mass is 9.72. The summed E-state index contributed by atoms with van der Waals surface area (Å²) >= 11 is 0. The molecule has 0 saturated heterocycles. The van der Waals surface area contributed by atoms with Gasteiger partial charge in [-0.2, -0.15) is 0 Å². The van der Waals surface area contributed by atoms with Crippen molar-refractivity contribution in [2.45, 2.75) is 52.1 Å². The Morgan fingerprint density at radius 3 is 2.33 bits per heavy atom. The number of aliphatic hydroxyl groups is 1. The molecule has 0 unspecified atom stereocenters. The Kier molecular flexibility index (Phi) is 3.76. The average Bonchev–Trinajstić information content (AvgIpc) is 2.28. The Labute approximate surface area is 109 Å². The van der Waals surface area contributed by atoms with Gasteiger partial charge in [0.05, 0.1) is 5.60 Å². The molecular weight excluding hydrogens is 227 g/mol. The molecule has 0 aromatic heterocycles. The van der Waals surface area contributed by atoms with Gasteiger partial charge in [-0.15, -0.1) is 0 Å². The second kappa shape index (κ2) is 5.00. The van der Waals surface area contributed by atoms with Gasteiger partial charge in [-0.1, -0.05) is 19.9 Å². The molecule has 0 amide bonds. The first kappa shape index (κ1) is 13.5. The van der Waals surface area contributed by atoms with Crippen LogP contribution in [0.25, 0.3) is 0 Å². The van der Waals surface area contributed by atoms with Gasteiger partial charge in [-0.3, -0.25) is 0 Å². The van der Waals surface area contributed by atoms with Crippen LogP contribution in [-0.2, 0) is 5.60 Å². The fourth-order valence-electron chi connectivity index (χ4n) is 3.08. The molecule has 0 spiro atoms. The molecule has 0 radical (unpaired) electrons. The van der Waals surface area contributed by atoms with E-state index in [1.807, 2.05) is 13.0 Å². The molecule has 2 heteroatoms. The Balaban J connectivity index is 2.18. The van der Waals surface area contributed by atoms with E-state index in [9.17, 15) is 9.50 Å². The van der Waals surface area contributed by atoms with E-state index in [-0.39, 0.29) is 5.82 Å². The van der Waals surface area contributed by atoms with E-state index in [0.29, 0.717) is 11.8 Å². The lowest BCUT2D eigenvalue weighted by molar-refractivity contribution is -0.0202. The van der Waals surface area contributed by atoms with Gasteiger partial charge in [0.25, 0.3) is 0 Å². The molecule has 0 aliphatic heterocycles. The van der Waals surface area contributed by atoms with Gasteiger partial charge in [0.1, 0.15) is 5.82 Å². The Bertz CT molecular complexity index is 397. The predicted octanol–water partition coefficient (Wildman–Crippen LogP) is 4.17. The van der Waals surface area contributed by atoms with Crippen molar-refractivity contribution in [1.82, 2.24) is 0 Å². The number of halogens is 1. The van der Waals surface area contributed by atoms with Crippen LogP contribution >= 0.6 is 0 Å². The third-order valence-electron chi connectivity index (χ3n) is 4.38.